The van der Waals surface area contributed by atoms with E-state index in [1.807, 2.05) is 0 Å². The van der Waals surface area contributed by atoms with Gasteiger partial charge in [-0.3, -0.25) is 9.59 Å². The lowest BCUT2D eigenvalue weighted by Gasteiger charge is -2.30. The van der Waals surface area contributed by atoms with E-state index in [1.54, 1.807) is 17.9 Å². The molecule has 1 saturated heterocycles. The van der Waals surface area contributed by atoms with Crippen LogP contribution in [0.3, 0.4) is 0 Å². The number of amides is 2. The quantitative estimate of drug-likeness (QED) is 0.620. The molecule has 4 heteroatoms. The molecule has 1 rings (SSSR count). The fourth-order valence-electron chi connectivity index (χ4n) is 1.31. The van der Waals surface area contributed by atoms with Gasteiger partial charge in [0.1, 0.15) is 6.04 Å². The molecule has 0 spiro atoms. The van der Waals surface area contributed by atoms with Gasteiger partial charge in [-0.1, -0.05) is 6.08 Å². The van der Waals surface area contributed by atoms with Gasteiger partial charge < -0.3 is 10.2 Å². The molecule has 0 aromatic carbocycles. The predicted octanol–water partition coefficient (Wildman–Crippen LogP) is -0.0906. The SMILES string of the molecule is C=CCCN1CC(=O)NC(C)C1=O. The van der Waals surface area contributed by atoms with Crippen LogP contribution >= 0.6 is 0 Å². The third-order valence-corrected chi connectivity index (χ3v) is 2.00. The molecule has 0 aromatic heterocycles. The molecule has 1 fully saturated rings. The fourth-order valence-corrected chi connectivity index (χ4v) is 1.31. The Hall–Kier alpha value is -1.32. The molecule has 4 nitrogen and oxygen atoms in total. The van der Waals surface area contributed by atoms with Crippen molar-refractivity contribution in [3.8, 4) is 0 Å². The minimum atomic E-state index is -0.383. The molecule has 0 saturated carbocycles. The first-order valence-corrected chi connectivity index (χ1v) is 4.34. The van der Waals surface area contributed by atoms with E-state index in [0.29, 0.717) is 6.54 Å². The van der Waals surface area contributed by atoms with Crippen LogP contribution < -0.4 is 5.32 Å². The summed E-state index contributed by atoms with van der Waals surface area (Å²) in [4.78, 5) is 24.1. The van der Waals surface area contributed by atoms with Crippen molar-refractivity contribution in [1.29, 1.82) is 0 Å². The Morgan fingerprint density at radius 3 is 3.00 bits per heavy atom. The van der Waals surface area contributed by atoms with Crippen LogP contribution in [-0.4, -0.2) is 35.8 Å². The second-order valence-electron chi connectivity index (χ2n) is 3.13. The monoisotopic (exact) mass is 182 g/mol. The molecule has 0 aromatic rings. The van der Waals surface area contributed by atoms with Crippen molar-refractivity contribution in [1.82, 2.24) is 10.2 Å². The molecule has 1 N–H and O–H groups in total. The molecule has 1 aliphatic heterocycles. The van der Waals surface area contributed by atoms with Gasteiger partial charge in [0, 0.05) is 6.54 Å². The van der Waals surface area contributed by atoms with Crippen LogP contribution in [0, 0.1) is 0 Å². The number of carbonyl (C=O) groups is 2. The largest absolute Gasteiger partial charge is 0.343 e. The van der Waals surface area contributed by atoms with Crippen LogP contribution in [0.1, 0.15) is 13.3 Å². The number of hydrogen-bond donors (Lipinski definition) is 1. The van der Waals surface area contributed by atoms with Crippen LogP contribution in [0.15, 0.2) is 12.7 Å². The fraction of sp³-hybridized carbons (Fsp3) is 0.556. The van der Waals surface area contributed by atoms with E-state index >= 15 is 0 Å². The van der Waals surface area contributed by atoms with E-state index in [9.17, 15) is 9.59 Å². The Morgan fingerprint density at radius 1 is 1.69 bits per heavy atom. The zero-order chi connectivity index (χ0) is 9.84. The second-order valence-corrected chi connectivity index (χ2v) is 3.13. The average molecular weight is 182 g/mol. The lowest BCUT2D eigenvalue weighted by Crippen LogP contribution is -2.56. The summed E-state index contributed by atoms with van der Waals surface area (Å²) in [7, 11) is 0. The topological polar surface area (TPSA) is 49.4 Å². The van der Waals surface area contributed by atoms with Gasteiger partial charge in [0.15, 0.2) is 0 Å². The number of nitrogens with zero attached hydrogens (tertiary/aromatic N) is 1. The Morgan fingerprint density at radius 2 is 2.38 bits per heavy atom. The summed E-state index contributed by atoms with van der Waals surface area (Å²) in [5.41, 5.74) is 0. The van der Waals surface area contributed by atoms with Crippen molar-refractivity contribution in [2.24, 2.45) is 0 Å². The summed E-state index contributed by atoms with van der Waals surface area (Å²) in [5, 5.41) is 2.58. The number of rotatable bonds is 3. The Kier molecular flexibility index (Phi) is 3.06. The molecular weight excluding hydrogens is 168 g/mol. The summed E-state index contributed by atoms with van der Waals surface area (Å²) in [6, 6.07) is -0.383. The Labute approximate surface area is 77.6 Å². The van der Waals surface area contributed by atoms with Gasteiger partial charge in [-0.05, 0) is 13.3 Å². The number of nitrogens with one attached hydrogen (secondary N) is 1. The maximum atomic E-state index is 11.5. The number of carbonyl (C=O) groups excluding carboxylic acids is 2. The van der Waals surface area contributed by atoms with Crippen LogP contribution in [0.5, 0.6) is 0 Å². The van der Waals surface area contributed by atoms with Gasteiger partial charge in [-0.25, -0.2) is 0 Å². The van der Waals surface area contributed by atoms with Crippen molar-refractivity contribution in [3.05, 3.63) is 12.7 Å². The Balaban J connectivity index is 2.55. The first kappa shape index (κ1) is 9.77. The lowest BCUT2D eigenvalue weighted by atomic mass is 10.2. The van der Waals surface area contributed by atoms with Gasteiger partial charge in [-0.15, -0.1) is 6.58 Å². The molecule has 1 atom stereocenters. The average Bonchev–Trinajstić information content (AvgIpc) is 2.09. The maximum Gasteiger partial charge on any atom is 0.245 e. The van der Waals surface area contributed by atoms with Crippen molar-refractivity contribution in [2.75, 3.05) is 13.1 Å². The van der Waals surface area contributed by atoms with Crippen LogP contribution in [0.25, 0.3) is 0 Å². The summed E-state index contributed by atoms with van der Waals surface area (Å²) in [6.07, 6.45) is 2.47. The van der Waals surface area contributed by atoms with Crippen molar-refractivity contribution >= 4 is 11.8 Å². The zero-order valence-corrected chi connectivity index (χ0v) is 7.75. The third kappa shape index (κ3) is 2.31. The van der Waals surface area contributed by atoms with E-state index in [0.717, 1.165) is 6.42 Å². The highest BCUT2D eigenvalue weighted by atomic mass is 16.2. The molecule has 1 aliphatic rings. The first-order chi connectivity index (χ1) is 6.15. The first-order valence-electron chi connectivity index (χ1n) is 4.34. The zero-order valence-electron chi connectivity index (χ0n) is 7.75. The van der Waals surface area contributed by atoms with Gasteiger partial charge in [-0.2, -0.15) is 0 Å². The highest BCUT2D eigenvalue weighted by Gasteiger charge is 2.28. The van der Waals surface area contributed by atoms with Gasteiger partial charge >= 0.3 is 0 Å². The second kappa shape index (κ2) is 4.07. The number of hydrogen-bond acceptors (Lipinski definition) is 2. The van der Waals surface area contributed by atoms with Crippen LogP contribution in [0.2, 0.25) is 0 Å². The van der Waals surface area contributed by atoms with E-state index < -0.39 is 0 Å². The van der Waals surface area contributed by atoms with Crippen LogP contribution in [0.4, 0.5) is 0 Å². The van der Waals surface area contributed by atoms with E-state index in [1.165, 1.54) is 0 Å². The van der Waals surface area contributed by atoms with Crippen molar-refractivity contribution in [3.63, 3.8) is 0 Å². The molecule has 1 heterocycles. The summed E-state index contributed by atoms with van der Waals surface area (Å²) in [5.74, 6) is -0.0994. The molecule has 2 amide bonds. The Bertz CT molecular complexity index is 238. The van der Waals surface area contributed by atoms with Crippen LogP contribution in [-0.2, 0) is 9.59 Å². The van der Waals surface area contributed by atoms with E-state index in [4.69, 9.17) is 0 Å². The molecule has 13 heavy (non-hydrogen) atoms. The molecule has 1 unspecified atom stereocenters. The van der Waals surface area contributed by atoms with Gasteiger partial charge in [0.05, 0.1) is 6.54 Å². The third-order valence-electron chi connectivity index (χ3n) is 2.00. The standard InChI is InChI=1S/C9H14N2O2/c1-3-4-5-11-6-8(12)10-7(2)9(11)13/h3,7H,1,4-6H2,2H3,(H,10,12). The summed E-state index contributed by atoms with van der Waals surface area (Å²) in [6.45, 7) is 6.03. The molecule has 72 valence electrons. The molecular formula is C9H14N2O2. The van der Waals surface area contributed by atoms with Crippen molar-refractivity contribution < 1.29 is 9.59 Å². The summed E-state index contributed by atoms with van der Waals surface area (Å²) < 4.78 is 0. The highest BCUT2D eigenvalue weighted by molar-refractivity contribution is 5.94. The van der Waals surface area contributed by atoms with E-state index in [-0.39, 0.29) is 24.4 Å². The minimum absolute atomic E-state index is 0.0125. The molecule has 0 bridgehead atoms. The lowest BCUT2D eigenvalue weighted by molar-refractivity contribution is -0.143. The normalized spacial score (nSPS) is 22.8. The van der Waals surface area contributed by atoms with E-state index in [2.05, 4.69) is 11.9 Å². The molecule has 0 aliphatic carbocycles. The minimum Gasteiger partial charge on any atom is -0.343 e. The van der Waals surface area contributed by atoms with Gasteiger partial charge in [0.25, 0.3) is 0 Å². The van der Waals surface area contributed by atoms with Crippen molar-refractivity contribution in [2.45, 2.75) is 19.4 Å². The highest BCUT2D eigenvalue weighted by Crippen LogP contribution is 2.02. The number of piperazine rings is 1. The van der Waals surface area contributed by atoms with Gasteiger partial charge in [0.2, 0.25) is 11.8 Å². The maximum absolute atomic E-state index is 11.5. The smallest absolute Gasteiger partial charge is 0.245 e. The predicted molar refractivity (Wildman–Crippen MR) is 49.0 cm³/mol. The molecule has 0 radical (unpaired) electrons. The summed E-state index contributed by atoms with van der Waals surface area (Å²) >= 11 is 0.